The van der Waals surface area contributed by atoms with Crippen molar-refractivity contribution in [2.45, 2.75) is 180 Å². The number of carbonyl (C=O) groups is 5. The minimum Gasteiger partial charge on any atom is -0.460 e. The first-order valence-electron chi connectivity index (χ1n) is 27.0. The molecule has 4 aliphatic rings. The number of amides is 1. The van der Waals surface area contributed by atoms with Gasteiger partial charge >= 0.3 is 5.97 Å². The van der Waals surface area contributed by atoms with E-state index in [2.05, 4.69) is 13.0 Å². The molecule has 2 N–H and O–H groups in total. The lowest BCUT2D eigenvalue weighted by Crippen LogP contribution is -2.61. The van der Waals surface area contributed by atoms with E-state index < -0.39 is 71.8 Å². The number of Topliss-reactive ketones (excluding diaryl/α,β-unsaturated/α-hetero) is 3. The van der Waals surface area contributed by atoms with Crippen molar-refractivity contribution in [2.24, 2.45) is 41.2 Å². The summed E-state index contributed by atoms with van der Waals surface area (Å²) in [5, 5.41) is 0. The Morgan fingerprint density at radius 1 is 0.781 bits per heavy atom. The van der Waals surface area contributed by atoms with Gasteiger partial charge in [-0.1, -0.05) is 71.1 Å². The second-order valence-electron chi connectivity index (χ2n) is 21.2. The minimum atomic E-state index is -1.92. The van der Waals surface area contributed by atoms with Crippen molar-refractivity contribution in [1.82, 2.24) is 4.90 Å². The van der Waals surface area contributed by atoms with Crippen LogP contribution in [0.4, 0.5) is 0 Å². The highest BCUT2D eigenvalue weighted by atomic mass is 16.7. The second-order valence-corrected chi connectivity index (χ2v) is 21.2. The van der Waals surface area contributed by atoms with Crippen molar-refractivity contribution in [3.05, 3.63) is 47.6 Å². The number of carbonyl (C=O) groups excluding carboxylic acids is 5. The van der Waals surface area contributed by atoms with Gasteiger partial charge in [0.05, 0.1) is 44.2 Å². The molecule has 2 saturated heterocycles. The van der Waals surface area contributed by atoms with Gasteiger partial charge in [0.25, 0.3) is 11.7 Å². The van der Waals surface area contributed by atoms with Gasteiger partial charge in [0, 0.05) is 79.2 Å². The standard InChI is InChI=1S/C57H92N2O14/c1-36-18-14-13-15-19-37(2)48(71-29-28-70-27-25-58)34-44-23-21-42(7)57(69-12,73-44)54(62)55(63)59-26-17-16-20-45(59)56(64)72-49(39(4)32-43-22-24-47(65-8)50(33-43)66-9)35-46(60)38(3)31-41(6)52(67-10)53(68-11)51(61)40(5)30-36/h13-15,18-19,31,36,38-40,42-45,47-50,52-53H,16-17,20-30,32-35,58H2,1-12H3/b15-13+,18-14+,37-19+,41-31+/t36-,38-,39-,40-,42-,43+,44+,45+,47-,48?,49+,50-,52-,53+,57-/m1/s1. The van der Waals surface area contributed by atoms with Gasteiger partial charge in [-0.15, -0.1) is 0 Å². The van der Waals surface area contributed by atoms with E-state index in [1.54, 1.807) is 27.2 Å². The highest BCUT2D eigenvalue weighted by Crippen LogP contribution is 2.40. The second kappa shape index (κ2) is 30.9. The third-order valence-electron chi connectivity index (χ3n) is 15.8. The molecule has 1 unspecified atom stereocenters. The summed E-state index contributed by atoms with van der Waals surface area (Å²) in [5.41, 5.74) is 7.21. The summed E-state index contributed by atoms with van der Waals surface area (Å²) >= 11 is 0. The highest BCUT2D eigenvalue weighted by Gasteiger charge is 2.55. The minimum absolute atomic E-state index is 0.0234. The lowest BCUT2D eigenvalue weighted by atomic mass is 9.78. The number of allylic oxidation sites excluding steroid dienone is 6. The highest BCUT2D eigenvalue weighted by molar-refractivity contribution is 6.39. The SMILES string of the molecule is CO[C@@H]1/C(C)=C/[C@@H](C)C(=O)C[C@@H]([C@H](C)C[C@@H]2CC[C@@H](OC)[C@H](OC)C2)OC(=O)[C@@H]2CCCCN2C(=O)C(=O)[C@]2(OC)O[C@@H](CC[C@H]2C)CC(OCCOCCN)/C(C)=C/C=C/C=C/[C@@H](C)C[C@@H](C)C(=O)[C@@H]1OC. The average Bonchev–Trinajstić information content (AvgIpc) is 3.38. The van der Waals surface area contributed by atoms with E-state index in [0.717, 1.165) is 24.8 Å². The first kappa shape index (κ1) is 62.1. The number of esters is 1. The molecule has 0 aromatic heterocycles. The van der Waals surface area contributed by atoms with Crippen molar-refractivity contribution < 1.29 is 66.6 Å². The van der Waals surface area contributed by atoms with E-state index in [4.69, 9.17) is 48.4 Å². The predicted octanol–water partition coefficient (Wildman–Crippen LogP) is 7.49. The first-order valence-corrected chi connectivity index (χ1v) is 27.0. The summed E-state index contributed by atoms with van der Waals surface area (Å²) in [6.45, 7) is 14.9. The molecule has 3 fully saturated rings. The molecule has 4 rings (SSSR count). The van der Waals surface area contributed by atoms with Crippen LogP contribution in [0.2, 0.25) is 0 Å². The zero-order chi connectivity index (χ0) is 53.8. The van der Waals surface area contributed by atoms with Crippen molar-refractivity contribution >= 4 is 29.2 Å². The molecule has 0 aromatic carbocycles. The molecule has 2 bridgehead atoms. The zero-order valence-electron chi connectivity index (χ0n) is 46.3. The number of ether oxygens (including phenoxy) is 9. The number of ketones is 3. The Morgan fingerprint density at radius 2 is 1.51 bits per heavy atom. The van der Waals surface area contributed by atoms with Gasteiger partial charge in [-0.2, -0.15) is 0 Å². The summed E-state index contributed by atoms with van der Waals surface area (Å²) in [4.78, 5) is 73.9. The molecule has 1 amide bonds. The molecule has 1 saturated carbocycles. The third-order valence-corrected chi connectivity index (χ3v) is 15.8. The average molecular weight is 1030 g/mol. The van der Waals surface area contributed by atoms with E-state index >= 15 is 0 Å². The van der Waals surface area contributed by atoms with Crippen LogP contribution in [-0.4, -0.2) is 157 Å². The molecule has 0 aromatic rings. The summed E-state index contributed by atoms with van der Waals surface area (Å²) in [7, 11) is 7.77. The van der Waals surface area contributed by atoms with Crippen LogP contribution in [0.5, 0.6) is 0 Å². The Hall–Kier alpha value is -3.45. The van der Waals surface area contributed by atoms with Crippen LogP contribution in [-0.2, 0) is 66.6 Å². The van der Waals surface area contributed by atoms with Gasteiger partial charge in [-0.3, -0.25) is 19.2 Å². The number of nitrogens with two attached hydrogens (primary N) is 1. The van der Waals surface area contributed by atoms with Gasteiger partial charge in [0.1, 0.15) is 30.1 Å². The predicted molar refractivity (Wildman–Crippen MR) is 278 cm³/mol. The largest absolute Gasteiger partial charge is 0.460 e. The van der Waals surface area contributed by atoms with Crippen LogP contribution >= 0.6 is 0 Å². The molecule has 16 heteroatoms. The van der Waals surface area contributed by atoms with Crippen LogP contribution in [0.15, 0.2) is 47.6 Å². The first-order chi connectivity index (χ1) is 34.9. The topological polar surface area (TPSA) is 198 Å². The van der Waals surface area contributed by atoms with Gasteiger partial charge in [0.15, 0.2) is 5.78 Å². The molecule has 16 nitrogen and oxygen atoms in total. The van der Waals surface area contributed by atoms with Crippen molar-refractivity contribution in [3.63, 3.8) is 0 Å². The molecule has 0 spiro atoms. The van der Waals surface area contributed by atoms with Crippen LogP contribution in [0, 0.1) is 35.5 Å². The number of nitrogens with zero attached hydrogens (tertiary/aromatic N) is 1. The van der Waals surface area contributed by atoms with Crippen LogP contribution < -0.4 is 5.73 Å². The summed E-state index contributed by atoms with van der Waals surface area (Å²) in [5.74, 6) is -6.11. The fourth-order valence-electron chi connectivity index (χ4n) is 11.3. The van der Waals surface area contributed by atoms with Crippen LogP contribution in [0.3, 0.4) is 0 Å². The number of hydrogen-bond acceptors (Lipinski definition) is 15. The zero-order valence-corrected chi connectivity index (χ0v) is 46.3. The number of hydrogen-bond donors (Lipinski definition) is 1. The maximum atomic E-state index is 14.8. The fraction of sp³-hybridized carbons (Fsp3) is 0.772. The monoisotopic (exact) mass is 1030 g/mol. The Kier molecular flexibility index (Phi) is 26.3. The van der Waals surface area contributed by atoms with Crippen molar-refractivity contribution in [2.75, 3.05) is 68.5 Å². The van der Waals surface area contributed by atoms with E-state index in [0.29, 0.717) is 70.3 Å². The smallest absolute Gasteiger partial charge is 0.329 e. The summed E-state index contributed by atoms with van der Waals surface area (Å²) in [6.07, 6.45) is 14.5. The van der Waals surface area contributed by atoms with Crippen LogP contribution in [0.25, 0.3) is 0 Å². The lowest BCUT2D eigenvalue weighted by molar-refractivity contribution is -0.277. The fourth-order valence-corrected chi connectivity index (χ4v) is 11.3. The molecule has 0 radical (unpaired) electrons. The summed E-state index contributed by atoms with van der Waals surface area (Å²) < 4.78 is 54.4. The van der Waals surface area contributed by atoms with Crippen LogP contribution in [0.1, 0.15) is 126 Å². The Labute approximate surface area is 436 Å². The quantitative estimate of drug-likeness (QED) is 0.0777. The number of fused-ring (bicyclic) bond motifs is 3. The van der Waals surface area contributed by atoms with Gasteiger partial charge in [-0.25, -0.2) is 4.79 Å². The molecule has 15 atom stereocenters. The molecule has 3 heterocycles. The van der Waals surface area contributed by atoms with Crippen molar-refractivity contribution in [3.8, 4) is 0 Å². The van der Waals surface area contributed by atoms with Gasteiger partial charge in [0.2, 0.25) is 5.79 Å². The number of piperidine rings is 1. The number of rotatable bonds is 14. The summed E-state index contributed by atoms with van der Waals surface area (Å²) in [6, 6.07) is -1.07. The van der Waals surface area contributed by atoms with E-state index in [1.807, 2.05) is 58.9 Å². The lowest BCUT2D eigenvalue weighted by Gasteiger charge is -2.45. The van der Waals surface area contributed by atoms with Gasteiger partial charge in [-0.05, 0) is 107 Å². The molecule has 414 valence electrons. The normalized spacial score (nSPS) is 37.3. The maximum absolute atomic E-state index is 14.8. The van der Waals surface area contributed by atoms with Crippen molar-refractivity contribution in [1.29, 1.82) is 0 Å². The Balaban J connectivity index is 1.75. The maximum Gasteiger partial charge on any atom is 0.329 e. The Bertz CT molecular complexity index is 1900. The molecular weight excluding hydrogens is 937 g/mol. The number of cyclic esters (lactones) is 1. The molecule has 1 aliphatic carbocycles. The Morgan fingerprint density at radius 3 is 2.18 bits per heavy atom. The molecular formula is C57H92N2O14. The number of methoxy groups -OCH3 is 5. The van der Waals surface area contributed by atoms with E-state index in [9.17, 15) is 24.0 Å². The van der Waals surface area contributed by atoms with E-state index in [1.165, 1.54) is 26.2 Å². The van der Waals surface area contributed by atoms with Gasteiger partial charge < -0.3 is 53.3 Å². The van der Waals surface area contributed by atoms with E-state index in [-0.39, 0.29) is 73.4 Å². The third kappa shape index (κ3) is 17.3. The molecule has 73 heavy (non-hydrogen) atoms. The molecule has 3 aliphatic heterocycles.